The van der Waals surface area contributed by atoms with Gasteiger partial charge in [-0.25, -0.2) is 0 Å². The number of hydrogen-bond acceptors (Lipinski definition) is 4. The molecule has 6 heteroatoms. The number of carboxylic acids is 1. The fourth-order valence-electron chi connectivity index (χ4n) is 2.87. The third-order valence-corrected chi connectivity index (χ3v) is 4.37. The Morgan fingerprint density at radius 2 is 2.22 bits per heavy atom. The van der Waals surface area contributed by atoms with Crippen molar-refractivity contribution < 1.29 is 23.8 Å². The molecule has 0 spiro atoms. The lowest BCUT2D eigenvalue weighted by atomic mass is 10.2. The molecule has 1 aliphatic carbocycles. The van der Waals surface area contributed by atoms with Crippen LogP contribution in [0.2, 0.25) is 0 Å². The van der Waals surface area contributed by atoms with E-state index >= 15 is 0 Å². The van der Waals surface area contributed by atoms with E-state index in [0.717, 1.165) is 12.2 Å². The summed E-state index contributed by atoms with van der Waals surface area (Å²) in [4.78, 5) is 24.5. The Labute approximate surface area is 134 Å². The van der Waals surface area contributed by atoms with Crippen LogP contribution in [-0.2, 0) is 14.3 Å². The Kier molecular flexibility index (Phi) is 4.52. The number of furan rings is 1. The van der Waals surface area contributed by atoms with Gasteiger partial charge in [0.05, 0.1) is 19.1 Å². The highest BCUT2D eigenvalue weighted by atomic mass is 16.5. The maximum Gasteiger partial charge on any atom is 0.306 e. The molecule has 2 aliphatic rings. The lowest BCUT2D eigenvalue weighted by Crippen LogP contribution is -2.45. The van der Waals surface area contributed by atoms with Crippen LogP contribution < -0.4 is 0 Å². The maximum absolute atomic E-state index is 12.2. The summed E-state index contributed by atoms with van der Waals surface area (Å²) in [5.41, 5.74) is 0. The van der Waals surface area contributed by atoms with Gasteiger partial charge < -0.3 is 19.2 Å². The molecular formula is C17H21NO5. The van der Waals surface area contributed by atoms with Gasteiger partial charge in [0.25, 0.3) is 0 Å². The van der Waals surface area contributed by atoms with E-state index in [1.807, 2.05) is 12.1 Å². The topological polar surface area (TPSA) is 80.0 Å². The van der Waals surface area contributed by atoms with E-state index in [1.54, 1.807) is 11.0 Å². The molecule has 23 heavy (non-hydrogen) atoms. The summed E-state index contributed by atoms with van der Waals surface area (Å²) in [5.74, 6) is 1.78. The van der Waals surface area contributed by atoms with Crippen LogP contribution in [0.4, 0.5) is 0 Å². The van der Waals surface area contributed by atoms with Crippen molar-refractivity contribution in [3.63, 3.8) is 0 Å². The van der Waals surface area contributed by atoms with E-state index in [9.17, 15) is 9.59 Å². The van der Waals surface area contributed by atoms with Gasteiger partial charge in [0.2, 0.25) is 5.91 Å². The molecule has 3 atom stereocenters. The first-order valence-corrected chi connectivity index (χ1v) is 7.93. The molecule has 1 amide bonds. The monoisotopic (exact) mass is 319 g/mol. The lowest BCUT2D eigenvalue weighted by molar-refractivity contribution is -0.145. The Morgan fingerprint density at radius 3 is 2.91 bits per heavy atom. The van der Waals surface area contributed by atoms with Gasteiger partial charge in [0, 0.05) is 25.1 Å². The second kappa shape index (κ2) is 6.58. The van der Waals surface area contributed by atoms with Gasteiger partial charge in [-0.2, -0.15) is 0 Å². The molecule has 3 unspecified atom stereocenters. The highest BCUT2D eigenvalue weighted by Crippen LogP contribution is 2.47. The number of rotatable bonds is 5. The van der Waals surface area contributed by atoms with Crippen LogP contribution in [0.1, 0.15) is 37.2 Å². The third kappa shape index (κ3) is 4.01. The predicted octanol–water partition coefficient (Wildman–Crippen LogP) is 2.12. The molecule has 1 aromatic rings. The molecule has 2 heterocycles. The summed E-state index contributed by atoms with van der Waals surface area (Å²) in [6, 6.07) is 3.84. The number of hydrogen-bond donors (Lipinski definition) is 1. The zero-order valence-corrected chi connectivity index (χ0v) is 13.1. The van der Waals surface area contributed by atoms with Crippen molar-refractivity contribution in [3.05, 3.63) is 29.7 Å². The number of aliphatic carboxylic acids is 1. The van der Waals surface area contributed by atoms with Crippen LogP contribution >= 0.6 is 0 Å². The van der Waals surface area contributed by atoms with Crippen molar-refractivity contribution >= 4 is 18.0 Å². The average molecular weight is 319 g/mol. The standard InChI is InChI=1S/C17H21NO5/c1-11-8-14(11)15-4-2-12(23-15)3-5-16(19)18-6-7-22-13(10-18)9-17(20)21/h2-5,11,13-14H,6-10H2,1H3,(H,20,21)/b5-3+. The van der Waals surface area contributed by atoms with E-state index in [4.69, 9.17) is 14.3 Å². The first-order valence-electron chi connectivity index (χ1n) is 7.93. The van der Waals surface area contributed by atoms with E-state index in [2.05, 4.69) is 6.92 Å². The van der Waals surface area contributed by atoms with Gasteiger partial charge in [0.1, 0.15) is 11.5 Å². The van der Waals surface area contributed by atoms with Crippen LogP contribution in [0.15, 0.2) is 22.6 Å². The molecule has 1 N–H and O–H groups in total. The highest BCUT2D eigenvalue weighted by molar-refractivity contribution is 5.91. The van der Waals surface area contributed by atoms with Crippen molar-refractivity contribution in [2.75, 3.05) is 19.7 Å². The first-order chi connectivity index (χ1) is 11.0. The summed E-state index contributed by atoms with van der Waals surface area (Å²) in [5, 5.41) is 8.80. The van der Waals surface area contributed by atoms with Crippen molar-refractivity contribution in [1.82, 2.24) is 4.90 Å². The van der Waals surface area contributed by atoms with Crippen LogP contribution in [0.25, 0.3) is 6.08 Å². The molecule has 6 nitrogen and oxygen atoms in total. The first kappa shape index (κ1) is 15.8. The van der Waals surface area contributed by atoms with Crippen molar-refractivity contribution in [1.29, 1.82) is 0 Å². The number of carbonyl (C=O) groups is 2. The molecule has 0 bridgehead atoms. The molecular weight excluding hydrogens is 298 g/mol. The largest absolute Gasteiger partial charge is 0.481 e. The van der Waals surface area contributed by atoms with Crippen LogP contribution in [0.5, 0.6) is 0 Å². The van der Waals surface area contributed by atoms with Crippen LogP contribution in [-0.4, -0.2) is 47.7 Å². The Morgan fingerprint density at radius 1 is 1.43 bits per heavy atom. The zero-order valence-electron chi connectivity index (χ0n) is 13.1. The summed E-state index contributed by atoms with van der Waals surface area (Å²) >= 11 is 0. The van der Waals surface area contributed by atoms with E-state index in [1.165, 1.54) is 6.08 Å². The second-order valence-corrected chi connectivity index (χ2v) is 6.27. The van der Waals surface area contributed by atoms with Crippen LogP contribution in [0, 0.1) is 5.92 Å². The zero-order chi connectivity index (χ0) is 16.4. The van der Waals surface area contributed by atoms with E-state index in [-0.39, 0.29) is 12.3 Å². The smallest absolute Gasteiger partial charge is 0.306 e. The second-order valence-electron chi connectivity index (χ2n) is 6.27. The molecule has 1 aliphatic heterocycles. The number of ether oxygens (including phenoxy) is 1. The Balaban J connectivity index is 1.55. The van der Waals surface area contributed by atoms with Gasteiger partial charge >= 0.3 is 5.97 Å². The SMILES string of the molecule is CC1CC1c1ccc(/C=C/C(=O)N2CCOC(CC(=O)O)C2)o1. The molecule has 124 valence electrons. The quantitative estimate of drug-likeness (QED) is 0.841. The molecule has 0 radical (unpaired) electrons. The lowest BCUT2D eigenvalue weighted by Gasteiger charge is -2.31. The minimum absolute atomic E-state index is 0.0887. The summed E-state index contributed by atoms with van der Waals surface area (Å²) in [6.45, 7) is 3.33. The van der Waals surface area contributed by atoms with Gasteiger partial charge in [-0.15, -0.1) is 0 Å². The summed E-state index contributed by atoms with van der Waals surface area (Å²) in [6.07, 6.45) is 3.77. The molecule has 1 saturated carbocycles. The number of carboxylic acid groups (broad SMARTS) is 1. The molecule has 3 rings (SSSR count). The molecule has 0 aromatic carbocycles. The number of amides is 1. The number of nitrogens with zero attached hydrogens (tertiary/aromatic N) is 1. The van der Waals surface area contributed by atoms with Gasteiger partial charge in [-0.1, -0.05) is 6.92 Å². The fourth-order valence-corrected chi connectivity index (χ4v) is 2.87. The minimum Gasteiger partial charge on any atom is -0.481 e. The normalized spacial score (nSPS) is 27.3. The van der Waals surface area contributed by atoms with Crippen molar-refractivity contribution in [2.45, 2.75) is 31.8 Å². The Bertz CT molecular complexity index is 620. The highest BCUT2D eigenvalue weighted by Gasteiger charge is 2.36. The Hall–Kier alpha value is -2.08. The summed E-state index contributed by atoms with van der Waals surface area (Å²) in [7, 11) is 0. The fraction of sp³-hybridized carbons (Fsp3) is 0.529. The van der Waals surface area contributed by atoms with E-state index in [0.29, 0.717) is 37.3 Å². The molecule has 1 aromatic heterocycles. The minimum atomic E-state index is -0.919. The number of morpholine rings is 1. The van der Waals surface area contributed by atoms with Gasteiger partial charge in [-0.3, -0.25) is 9.59 Å². The maximum atomic E-state index is 12.2. The third-order valence-electron chi connectivity index (χ3n) is 4.37. The predicted molar refractivity (Wildman–Crippen MR) is 82.8 cm³/mol. The molecule has 2 fully saturated rings. The van der Waals surface area contributed by atoms with Crippen molar-refractivity contribution in [3.8, 4) is 0 Å². The van der Waals surface area contributed by atoms with E-state index < -0.39 is 12.1 Å². The summed E-state index contributed by atoms with van der Waals surface area (Å²) < 4.78 is 11.1. The molecule has 1 saturated heterocycles. The van der Waals surface area contributed by atoms with Gasteiger partial charge in [-0.05, 0) is 30.5 Å². The van der Waals surface area contributed by atoms with Crippen LogP contribution in [0.3, 0.4) is 0 Å². The van der Waals surface area contributed by atoms with Gasteiger partial charge in [0.15, 0.2) is 0 Å². The van der Waals surface area contributed by atoms with Crippen molar-refractivity contribution in [2.24, 2.45) is 5.92 Å². The average Bonchev–Trinajstić information content (AvgIpc) is 3.06. The number of carbonyl (C=O) groups excluding carboxylic acids is 1.